The third-order valence-corrected chi connectivity index (χ3v) is 3.44. The number of rotatable bonds is 7. The third-order valence-electron chi connectivity index (χ3n) is 3.44. The molecule has 7 heteroatoms. The van der Waals surface area contributed by atoms with Gasteiger partial charge in [-0.1, -0.05) is 12.2 Å². The minimum absolute atomic E-state index is 0.321. The summed E-state index contributed by atoms with van der Waals surface area (Å²) in [7, 11) is 1.53. The van der Waals surface area contributed by atoms with E-state index in [1.807, 2.05) is 0 Å². The molecule has 1 rings (SSSR count). The van der Waals surface area contributed by atoms with Gasteiger partial charge < -0.3 is 20.5 Å². The summed E-state index contributed by atoms with van der Waals surface area (Å²) in [6.45, 7) is 2.31. The van der Waals surface area contributed by atoms with Crippen LogP contribution in [0.5, 0.6) is 0 Å². The Labute approximate surface area is 123 Å². The van der Waals surface area contributed by atoms with Crippen LogP contribution in [0.3, 0.4) is 0 Å². The fourth-order valence-electron chi connectivity index (χ4n) is 2.19. The summed E-state index contributed by atoms with van der Waals surface area (Å²) < 4.78 is 4.81. The number of methoxy groups -OCH3 is 1. The first-order valence-corrected chi connectivity index (χ1v) is 6.92. The average molecular weight is 298 g/mol. The molecule has 0 aromatic carbocycles. The lowest BCUT2D eigenvalue weighted by atomic mass is 9.82. The van der Waals surface area contributed by atoms with Gasteiger partial charge in [0.15, 0.2) is 0 Å². The second-order valence-electron chi connectivity index (χ2n) is 5.01. The molecule has 1 aliphatic carbocycles. The molecule has 118 valence electrons. The Kier molecular flexibility index (Phi) is 6.87. The van der Waals surface area contributed by atoms with Gasteiger partial charge in [0.1, 0.15) is 6.04 Å². The Balaban J connectivity index is 2.52. The predicted octanol–water partition coefficient (Wildman–Crippen LogP) is -0.0793. The van der Waals surface area contributed by atoms with E-state index in [-0.39, 0.29) is 5.91 Å². The minimum atomic E-state index is -0.989. The van der Waals surface area contributed by atoms with Crippen molar-refractivity contribution in [3.05, 3.63) is 12.2 Å². The van der Waals surface area contributed by atoms with Gasteiger partial charge in [-0.15, -0.1) is 0 Å². The van der Waals surface area contributed by atoms with Crippen molar-refractivity contribution in [1.29, 1.82) is 0 Å². The number of ether oxygens (including phenoxy) is 1. The maximum Gasteiger partial charge on any atom is 0.307 e. The topological polar surface area (TPSA) is 105 Å². The monoisotopic (exact) mass is 298 g/mol. The van der Waals surface area contributed by atoms with Crippen molar-refractivity contribution >= 4 is 17.8 Å². The van der Waals surface area contributed by atoms with Crippen LogP contribution in [0.1, 0.15) is 19.8 Å². The van der Waals surface area contributed by atoms with Gasteiger partial charge in [0.2, 0.25) is 11.8 Å². The van der Waals surface area contributed by atoms with Crippen molar-refractivity contribution in [3.8, 4) is 0 Å². The SMILES string of the molecule is COCCNC(=O)C(C)NC(=O)C1CC=CCC1C(=O)O. The van der Waals surface area contributed by atoms with Gasteiger partial charge in [0.25, 0.3) is 0 Å². The van der Waals surface area contributed by atoms with Crippen LogP contribution in [0.25, 0.3) is 0 Å². The second kappa shape index (κ2) is 8.41. The van der Waals surface area contributed by atoms with E-state index in [1.54, 1.807) is 19.1 Å². The molecule has 21 heavy (non-hydrogen) atoms. The van der Waals surface area contributed by atoms with Gasteiger partial charge in [-0.05, 0) is 19.8 Å². The van der Waals surface area contributed by atoms with Crippen LogP contribution in [0.4, 0.5) is 0 Å². The average Bonchev–Trinajstić information content (AvgIpc) is 2.47. The Morgan fingerprint density at radius 2 is 1.90 bits per heavy atom. The van der Waals surface area contributed by atoms with E-state index in [0.717, 1.165) is 0 Å². The number of hydrogen-bond acceptors (Lipinski definition) is 4. The summed E-state index contributed by atoms with van der Waals surface area (Å²) >= 11 is 0. The molecule has 0 aromatic heterocycles. The van der Waals surface area contributed by atoms with Crippen molar-refractivity contribution in [3.63, 3.8) is 0 Å². The van der Waals surface area contributed by atoms with Crippen LogP contribution < -0.4 is 10.6 Å². The summed E-state index contributed by atoms with van der Waals surface area (Å²) in [4.78, 5) is 35.0. The van der Waals surface area contributed by atoms with Gasteiger partial charge in [-0.3, -0.25) is 14.4 Å². The van der Waals surface area contributed by atoms with Crippen LogP contribution in [0.15, 0.2) is 12.2 Å². The molecular weight excluding hydrogens is 276 g/mol. The number of nitrogens with one attached hydrogen (secondary N) is 2. The molecule has 3 N–H and O–H groups in total. The number of aliphatic carboxylic acids is 1. The Morgan fingerprint density at radius 3 is 2.48 bits per heavy atom. The van der Waals surface area contributed by atoms with E-state index in [9.17, 15) is 14.4 Å². The maximum absolute atomic E-state index is 12.1. The minimum Gasteiger partial charge on any atom is -0.481 e. The zero-order chi connectivity index (χ0) is 15.8. The lowest BCUT2D eigenvalue weighted by molar-refractivity contribution is -0.147. The van der Waals surface area contributed by atoms with Crippen LogP contribution in [-0.4, -0.2) is 49.2 Å². The highest BCUT2D eigenvalue weighted by Gasteiger charge is 2.34. The Hall–Kier alpha value is -1.89. The number of amides is 2. The van der Waals surface area contributed by atoms with E-state index < -0.39 is 29.8 Å². The summed E-state index contributed by atoms with van der Waals surface area (Å²) in [5, 5.41) is 14.3. The van der Waals surface area contributed by atoms with Crippen molar-refractivity contribution in [2.24, 2.45) is 11.8 Å². The fourth-order valence-corrected chi connectivity index (χ4v) is 2.19. The number of carboxylic acid groups (broad SMARTS) is 1. The summed E-state index contributed by atoms with van der Waals surface area (Å²) in [5.74, 6) is -3.09. The highest BCUT2D eigenvalue weighted by Crippen LogP contribution is 2.26. The first-order chi connectivity index (χ1) is 9.97. The zero-order valence-corrected chi connectivity index (χ0v) is 12.3. The van der Waals surface area contributed by atoms with Gasteiger partial charge in [0, 0.05) is 13.7 Å². The Morgan fingerprint density at radius 1 is 1.29 bits per heavy atom. The third kappa shape index (κ3) is 5.18. The molecule has 0 heterocycles. The lowest BCUT2D eigenvalue weighted by Crippen LogP contribution is -2.49. The zero-order valence-electron chi connectivity index (χ0n) is 12.3. The van der Waals surface area contributed by atoms with E-state index in [1.165, 1.54) is 7.11 Å². The van der Waals surface area contributed by atoms with Crippen LogP contribution >= 0.6 is 0 Å². The van der Waals surface area contributed by atoms with Gasteiger partial charge in [-0.2, -0.15) is 0 Å². The first-order valence-electron chi connectivity index (χ1n) is 6.92. The van der Waals surface area contributed by atoms with Crippen LogP contribution in [0, 0.1) is 11.8 Å². The molecule has 0 aromatic rings. The number of carbonyl (C=O) groups excluding carboxylic acids is 2. The molecular formula is C14H22N2O5. The number of carbonyl (C=O) groups is 3. The van der Waals surface area contributed by atoms with Gasteiger partial charge in [-0.25, -0.2) is 0 Å². The quantitative estimate of drug-likeness (QED) is 0.450. The van der Waals surface area contributed by atoms with Crippen molar-refractivity contribution in [2.75, 3.05) is 20.3 Å². The van der Waals surface area contributed by atoms with Crippen LogP contribution in [-0.2, 0) is 19.1 Å². The van der Waals surface area contributed by atoms with E-state index in [0.29, 0.717) is 26.0 Å². The summed E-state index contributed by atoms with van der Waals surface area (Å²) in [6.07, 6.45) is 4.28. The standard InChI is InChI=1S/C14H22N2O5/c1-9(12(17)15-7-8-21-2)16-13(18)10-5-3-4-6-11(10)14(19)20/h3-4,9-11H,5-8H2,1-2H3,(H,15,17)(H,16,18)(H,19,20). The molecule has 0 saturated carbocycles. The molecule has 0 saturated heterocycles. The van der Waals surface area contributed by atoms with Gasteiger partial charge >= 0.3 is 5.97 Å². The molecule has 1 aliphatic rings. The van der Waals surface area contributed by atoms with Gasteiger partial charge in [0.05, 0.1) is 18.4 Å². The first kappa shape index (κ1) is 17.2. The highest BCUT2D eigenvalue weighted by molar-refractivity contribution is 5.90. The largest absolute Gasteiger partial charge is 0.481 e. The molecule has 0 aliphatic heterocycles. The molecule has 3 unspecified atom stereocenters. The summed E-state index contributed by atoms with van der Waals surface area (Å²) in [6, 6.07) is -0.713. The van der Waals surface area contributed by atoms with E-state index in [4.69, 9.17) is 9.84 Å². The second-order valence-corrected chi connectivity index (χ2v) is 5.01. The number of carboxylic acids is 1. The number of hydrogen-bond donors (Lipinski definition) is 3. The normalized spacial score (nSPS) is 22.4. The predicted molar refractivity (Wildman–Crippen MR) is 75.5 cm³/mol. The fraction of sp³-hybridized carbons (Fsp3) is 0.643. The smallest absolute Gasteiger partial charge is 0.307 e. The molecule has 2 amide bonds. The van der Waals surface area contributed by atoms with Crippen molar-refractivity contribution < 1.29 is 24.2 Å². The van der Waals surface area contributed by atoms with Crippen LogP contribution in [0.2, 0.25) is 0 Å². The molecule has 7 nitrogen and oxygen atoms in total. The van der Waals surface area contributed by atoms with E-state index >= 15 is 0 Å². The molecule has 3 atom stereocenters. The summed E-state index contributed by atoms with van der Waals surface area (Å²) in [5.41, 5.74) is 0. The molecule has 0 fully saturated rings. The molecule has 0 radical (unpaired) electrons. The molecule has 0 spiro atoms. The highest BCUT2D eigenvalue weighted by atomic mass is 16.5. The lowest BCUT2D eigenvalue weighted by Gasteiger charge is -2.25. The van der Waals surface area contributed by atoms with Crippen molar-refractivity contribution in [2.45, 2.75) is 25.8 Å². The maximum atomic E-state index is 12.1. The van der Waals surface area contributed by atoms with Crippen molar-refractivity contribution in [1.82, 2.24) is 10.6 Å². The Bertz CT molecular complexity index is 422. The molecule has 0 bridgehead atoms. The van der Waals surface area contributed by atoms with E-state index in [2.05, 4.69) is 10.6 Å². The number of allylic oxidation sites excluding steroid dienone is 2.